The molecule has 0 radical (unpaired) electrons. The van der Waals surface area contributed by atoms with Crippen molar-refractivity contribution in [3.8, 4) is 11.1 Å². The van der Waals surface area contributed by atoms with Crippen LogP contribution in [0.3, 0.4) is 0 Å². The highest BCUT2D eigenvalue weighted by Crippen LogP contribution is 2.29. The molecule has 4 aromatic rings. The van der Waals surface area contributed by atoms with Crippen molar-refractivity contribution < 1.29 is 14.3 Å². The van der Waals surface area contributed by atoms with Gasteiger partial charge >= 0.3 is 5.97 Å². The lowest BCUT2D eigenvalue weighted by molar-refractivity contribution is -0.142. The number of ether oxygens (including phenoxy) is 1. The Kier molecular flexibility index (Phi) is 7.42. The zero-order chi connectivity index (χ0) is 27.5. The number of rotatable bonds is 7. The molecule has 3 heterocycles. The van der Waals surface area contributed by atoms with Gasteiger partial charge in [0.1, 0.15) is 11.9 Å². The van der Waals surface area contributed by atoms with Gasteiger partial charge in [-0.1, -0.05) is 30.3 Å². The molecule has 1 aliphatic rings. The molecule has 1 fully saturated rings. The highest BCUT2D eigenvalue weighted by molar-refractivity contribution is 6.11. The zero-order valence-corrected chi connectivity index (χ0v) is 22.3. The van der Waals surface area contributed by atoms with E-state index in [0.29, 0.717) is 22.3 Å². The number of carbonyl (C=O) groups is 2. The number of benzene rings is 2. The summed E-state index contributed by atoms with van der Waals surface area (Å²) >= 11 is 0. The van der Waals surface area contributed by atoms with E-state index in [-0.39, 0.29) is 12.4 Å². The minimum Gasteiger partial charge on any atom is -0.467 e. The molecule has 2 aromatic carbocycles. The van der Waals surface area contributed by atoms with Crippen LogP contribution in [0.5, 0.6) is 0 Å². The van der Waals surface area contributed by atoms with Gasteiger partial charge in [-0.15, -0.1) is 0 Å². The molecular formula is C28H32N8O3. The van der Waals surface area contributed by atoms with Crippen molar-refractivity contribution in [2.45, 2.75) is 12.5 Å². The number of nitrogens with two attached hydrogens (primary N) is 1. The van der Waals surface area contributed by atoms with Crippen molar-refractivity contribution in [3.63, 3.8) is 0 Å². The number of piperazine rings is 1. The third kappa shape index (κ3) is 5.68. The number of hydrogen-bond acceptors (Lipinski definition) is 9. The molecule has 11 nitrogen and oxygen atoms in total. The van der Waals surface area contributed by atoms with Gasteiger partial charge in [0.2, 0.25) is 5.95 Å². The van der Waals surface area contributed by atoms with Gasteiger partial charge in [0, 0.05) is 51.4 Å². The number of esters is 1. The Labute approximate surface area is 226 Å². The van der Waals surface area contributed by atoms with E-state index in [1.54, 1.807) is 23.0 Å². The summed E-state index contributed by atoms with van der Waals surface area (Å²) in [6, 6.07) is 12.2. The molecule has 3 N–H and O–H groups in total. The first-order valence-corrected chi connectivity index (χ1v) is 12.8. The topological polar surface area (TPSA) is 132 Å². The molecule has 1 aliphatic heterocycles. The van der Waals surface area contributed by atoms with Crippen LogP contribution in [0.15, 0.2) is 54.9 Å². The fourth-order valence-electron chi connectivity index (χ4n) is 4.83. The van der Waals surface area contributed by atoms with Crippen LogP contribution in [0.4, 0.5) is 11.8 Å². The average Bonchev–Trinajstić information content (AvgIpc) is 3.38. The van der Waals surface area contributed by atoms with Crippen molar-refractivity contribution in [1.82, 2.24) is 30.0 Å². The Bertz CT molecular complexity index is 1490. The zero-order valence-electron chi connectivity index (χ0n) is 22.3. The number of anilines is 2. The molecule has 0 unspecified atom stereocenters. The fourth-order valence-corrected chi connectivity index (χ4v) is 4.83. The standard InChI is InChI=1S/C28H32N8O3/c1-34-11-13-36(14-12-34)25-24-21(5-4-6-22(24)32-28(29)33-25)26(37)31-23(27(38)39-3)15-18-7-9-19(10-8-18)20-16-30-35(2)17-20/h4-10,16-17,23H,11-15H2,1-3H3,(H,31,37)(H2,29,32,33)/t23-/m0/s1. The molecule has 0 saturated carbocycles. The smallest absolute Gasteiger partial charge is 0.328 e. The Hall–Kier alpha value is -4.51. The Morgan fingerprint density at radius 3 is 2.44 bits per heavy atom. The SMILES string of the molecule is COC(=O)[C@H](Cc1ccc(-c2cnn(C)c2)cc1)NC(=O)c1cccc2nc(N)nc(N3CCN(C)CC3)c12. The maximum atomic E-state index is 13.7. The number of carbonyl (C=O) groups excluding carboxylic acids is 2. The van der Waals surface area contributed by atoms with Crippen molar-refractivity contribution >= 4 is 34.5 Å². The number of aromatic nitrogens is 4. The number of nitrogens with zero attached hydrogens (tertiary/aromatic N) is 6. The van der Waals surface area contributed by atoms with Gasteiger partial charge in [-0.05, 0) is 30.3 Å². The van der Waals surface area contributed by atoms with E-state index in [0.717, 1.165) is 42.9 Å². The molecule has 2 aromatic heterocycles. The number of methoxy groups -OCH3 is 1. The first kappa shape index (κ1) is 26.1. The van der Waals surface area contributed by atoms with Crippen molar-refractivity contribution in [2.75, 3.05) is 51.0 Å². The third-order valence-corrected chi connectivity index (χ3v) is 6.99. The highest BCUT2D eigenvalue weighted by Gasteiger charge is 2.26. The van der Waals surface area contributed by atoms with E-state index in [9.17, 15) is 9.59 Å². The minimum atomic E-state index is -0.885. The Balaban J connectivity index is 1.42. The average molecular weight is 529 g/mol. The first-order valence-electron chi connectivity index (χ1n) is 12.8. The lowest BCUT2D eigenvalue weighted by atomic mass is 10.0. The van der Waals surface area contributed by atoms with E-state index < -0.39 is 17.9 Å². The van der Waals surface area contributed by atoms with E-state index in [4.69, 9.17) is 10.5 Å². The van der Waals surface area contributed by atoms with Gasteiger partial charge in [-0.3, -0.25) is 9.48 Å². The second-order valence-corrected chi connectivity index (χ2v) is 9.75. The second kappa shape index (κ2) is 11.1. The molecule has 1 amide bonds. The number of fused-ring (bicyclic) bond motifs is 1. The first-order chi connectivity index (χ1) is 18.8. The van der Waals surface area contributed by atoms with Crippen LogP contribution >= 0.6 is 0 Å². The molecule has 202 valence electrons. The monoisotopic (exact) mass is 528 g/mol. The largest absolute Gasteiger partial charge is 0.467 e. The van der Waals surface area contributed by atoms with Crippen molar-refractivity contribution in [2.24, 2.45) is 7.05 Å². The van der Waals surface area contributed by atoms with Gasteiger partial charge in [0.05, 0.1) is 29.8 Å². The summed E-state index contributed by atoms with van der Waals surface area (Å²) in [6.45, 7) is 3.23. The van der Waals surface area contributed by atoms with Gasteiger partial charge in [0.25, 0.3) is 5.91 Å². The van der Waals surface area contributed by atoms with Gasteiger partial charge in [0.15, 0.2) is 0 Å². The maximum Gasteiger partial charge on any atom is 0.328 e. The van der Waals surface area contributed by atoms with Crippen LogP contribution in [0.1, 0.15) is 15.9 Å². The summed E-state index contributed by atoms with van der Waals surface area (Å²) in [5, 5.41) is 7.71. The molecular weight excluding hydrogens is 496 g/mol. The Morgan fingerprint density at radius 1 is 1.03 bits per heavy atom. The fraction of sp³-hybridized carbons (Fsp3) is 0.321. The molecule has 39 heavy (non-hydrogen) atoms. The van der Waals surface area contributed by atoms with E-state index in [1.807, 2.05) is 43.6 Å². The third-order valence-electron chi connectivity index (χ3n) is 6.99. The number of likely N-dealkylation sites (N-methyl/N-ethyl adjacent to an activating group) is 1. The molecule has 0 aliphatic carbocycles. The summed E-state index contributed by atoms with van der Waals surface area (Å²) in [5.41, 5.74) is 9.87. The van der Waals surface area contributed by atoms with Crippen molar-refractivity contribution in [3.05, 3.63) is 66.0 Å². The maximum absolute atomic E-state index is 13.7. The van der Waals surface area contributed by atoms with Gasteiger partial charge in [-0.25, -0.2) is 9.78 Å². The van der Waals surface area contributed by atoms with Crippen molar-refractivity contribution in [1.29, 1.82) is 0 Å². The minimum absolute atomic E-state index is 0.149. The predicted octanol–water partition coefficient (Wildman–Crippen LogP) is 1.88. The van der Waals surface area contributed by atoms with E-state index >= 15 is 0 Å². The highest BCUT2D eigenvalue weighted by atomic mass is 16.5. The van der Waals surface area contributed by atoms with Crippen LogP contribution in [-0.2, 0) is 23.0 Å². The van der Waals surface area contributed by atoms with Gasteiger partial charge in [-0.2, -0.15) is 10.1 Å². The lowest BCUT2D eigenvalue weighted by Crippen LogP contribution is -2.45. The summed E-state index contributed by atoms with van der Waals surface area (Å²) in [7, 11) is 5.25. The molecule has 11 heteroatoms. The van der Waals surface area contributed by atoms with E-state index in [2.05, 4.69) is 37.2 Å². The van der Waals surface area contributed by atoms with Crippen LogP contribution in [0.25, 0.3) is 22.0 Å². The predicted molar refractivity (Wildman–Crippen MR) is 149 cm³/mol. The lowest BCUT2D eigenvalue weighted by Gasteiger charge is -2.34. The summed E-state index contributed by atoms with van der Waals surface area (Å²) < 4.78 is 6.77. The summed E-state index contributed by atoms with van der Waals surface area (Å²) in [4.78, 5) is 39.6. The van der Waals surface area contributed by atoms with Gasteiger partial charge < -0.3 is 25.6 Å². The van der Waals surface area contributed by atoms with Crippen LogP contribution in [-0.4, -0.2) is 82.9 Å². The normalized spacial score (nSPS) is 14.8. The van der Waals surface area contributed by atoms with Crippen LogP contribution < -0.4 is 16.0 Å². The van der Waals surface area contributed by atoms with Crippen LogP contribution in [0, 0.1) is 0 Å². The molecule has 0 bridgehead atoms. The number of nitrogen functional groups attached to an aromatic ring is 1. The molecule has 5 rings (SSSR count). The van der Waals surface area contributed by atoms with E-state index in [1.165, 1.54) is 7.11 Å². The number of aryl methyl sites for hydroxylation is 1. The number of amides is 1. The quantitative estimate of drug-likeness (QED) is 0.345. The number of nitrogens with one attached hydrogen (secondary N) is 1. The second-order valence-electron chi connectivity index (χ2n) is 9.75. The van der Waals surface area contributed by atoms with Crippen LogP contribution in [0.2, 0.25) is 0 Å². The summed E-state index contributed by atoms with van der Waals surface area (Å²) in [5.74, 6) is -0.167. The molecule has 1 saturated heterocycles. The molecule has 0 spiro atoms. The summed E-state index contributed by atoms with van der Waals surface area (Å²) in [6.07, 6.45) is 4.00. The Morgan fingerprint density at radius 2 is 1.77 bits per heavy atom. The number of hydrogen-bond donors (Lipinski definition) is 2. The molecule has 1 atom stereocenters.